The van der Waals surface area contributed by atoms with E-state index in [1.807, 2.05) is 36.1 Å². The normalized spacial score (nSPS) is 15.0. The maximum atomic E-state index is 12.9. The van der Waals surface area contributed by atoms with Crippen molar-refractivity contribution >= 4 is 16.9 Å². The molecule has 1 aromatic heterocycles. The first-order chi connectivity index (χ1) is 13.7. The highest BCUT2D eigenvalue weighted by Gasteiger charge is 2.26. The summed E-state index contributed by atoms with van der Waals surface area (Å²) in [4.78, 5) is 23.0. The lowest BCUT2D eigenvalue weighted by molar-refractivity contribution is 0.0711. The van der Waals surface area contributed by atoms with Gasteiger partial charge in [-0.2, -0.15) is 0 Å². The summed E-state index contributed by atoms with van der Waals surface area (Å²) in [5.41, 5.74) is 2.69. The SMILES string of the molecule is CCOc1ccc(C(=O)N2CCC(c3nc4ccccc4[nH]3)CC2)cc1OC. The van der Waals surface area contributed by atoms with E-state index in [4.69, 9.17) is 14.5 Å². The third kappa shape index (κ3) is 3.54. The van der Waals surface area contributed by atoms with Crippen LogP contribution in [0.5, 0.6) is 11.5 Å². The number of methoxy groups -OCH3 is 1. The fraction of sp³-hybridized carbons (Fsp3) is 0.364. The minimum absolute atomic E-state index is 0.0319. The van der Waals surface area contributed by atoms with Gasteiger partial charge in [0, 0.05) is 24.6 Å². The second-order valence-corrected chi connectivity index (χ2v) is 7.00. The molecule has 1 aliphatic heterocycles. The summed E-state index contributed by atoms with van der Waals surface area (Å²) in [6.45, 7) is 3.91. The molecule has 1 saturated heterocycles. The molecule has 146 valence electrons. The lowest BCUT2D eigenvalue weighted by atomic mass is 9.95. The van der Waals surface area contributed by atoms with Crippen LogP contribution in [-0.2, 0) is 0 Å². The molecule has 0 spiro atoms. The Morgan fingerprint density at radius 3 is 2.68 bits per heavy atom. The van der Waals surface area contributed by atoms with E-state index in [1.54, 1.807) is 25.3 Å². The zero-order chi connectivity index (χ0) is 19.5. The highest BCUT2D eigenvalue weighted by Crippen LogP contribution is 2.31. The molecule has 0 radical (unpaired) electrons. The summed E-state index contributed by atoms with van der Waals surface area (Å²) in [5.74, 6) is 2.65. The minimum atomic E-state index is 0.0319. The number of carbonyl (C=O) groups excluding carboxylic acids is 1. The highest BCUT2D eigenvalue weighted by atomic mass is 16.5. The number of fused-ring (bicyclic) bond motifs is 1. The number of para-hydroxylation sites is 2. The molecular weight excluding hydrogens is 354 g/mol. The van der Waals surface area contributed by atoms with Crippen LogP contribution in [-0.4, -0.2) is 47.6 Å². The second-order valence-electron chi connectivity index (χ2n) is 7.00. The fourth-order valence-electron chi connectivity index (χ4n) is 3.78. The first-order valence-corrected chi connectivity index (χ1v) is 9.74. The molecule has 0 aliphatic carbocycles. The van der Waals surface area contributed by atoms with Gasteiger partial charge in [0.1, 0.15) is 5.82 Å². The van der Waals surface area contributed by atoms with Crippen LogP contribution < -0.4 is 9.47 Å². The van der Waals surface area contributed by atoms with E-state index in [0.29, 0.717) is 29.6 Å². The predicted molar refractivity (Wildman–Crippen MR) is 108 cm³/mol. The van der Waals surface area contributed by atoms with E-state index in [2.05, 4.69) is 4.98 Å². The molecule has 2 heterocycles. The Hall–Kier alpha value is -3.02. The molecule has 0 unspecified atom stereocenters. The smallest absolute Gasteiger partial charge is 0.253 e. The van der Waals surface area contributed by atoms with E-state index in [9.17, 15) is 4.79 Å². The number of H-pyrrole nitrogens is 1. The van der Waals surface area contributed by atoms with Gasteiger partial charge in [0.15, 0.2) is 11.5 Å². The molecule has 0 bridgehead atoms. The predicted octanol–water partition coefficient (Wildman–Crippen LogP) is 3.99. The Labute approximate surface area is 164 Å². The second kappa shape index (κ2) is 7.92. The maximum Gasteiger partial charge on any atom is 0.253 e. The summed E-state index contributed by atoms with van der Waals surface area (Å²) in [5, 5.41) is 0. The Morgan fingerprint density at radius 2 is 1.96 bits per heavy atom. The van der Waals surface area contributed by atoms with Crippen molar-refractivity contribution < 1.29 is 14.3 Å². The Balaban J connectivity index is 1.43. The van der Waals surface area contributed by atoms with Crippen molar-refractivity contribution in [3.8, 4) is 11.5 Å². The number of aromatic nitrogens is 2. The average Bonchev–Trinajstić information content (AvgIpc) is 3.18. The quantitative estimate of drug-likeness (QED) is 0.728. The van der Waals surface area contributed by atoms with Crippen molar-refractivity contribution in [2.75, 3.05) is 26.8 Å². The van der Waals surface area contributed by atoms with Crippen LogP contribution in [0.1, 0.15) is 41.9 Å². The first-order valence-electron chi connectivity index (χ1n) is 9.74. The van der Waals surface area contributed by atoms with Gasteiger partial charge in [0.05, 0.1) is 24.8 Å². The maximum absolute atomic E-state index is 12.9. The first kappa shape index (κ1) is 18.3. The van der Waals surface area contributed by atoms with Crippen LogP contribution in [0.4, 0.5) is 0 Å². The van der Waals surface area contributed by atoms with Crippen molar-refractivity contribution in [1.29, 1.82) is 0 Å². The van der Waals surface area contributed by atoms with Gasteiger partial charge in [-0.1, -0.05) is 12.1 Å². The zero-order valence-corrected chi connectivity index (χ0v) is 16.3. The molecule has 0 saturated carbocycles. The van der Waals surface area contributed by atoms with Crippen molar-refractivity contribution in [3.05, 3.63) is 53.9 Å². The Morgan fingerprint density at radius 1 is 1.18 bits per heavy atom. The lowest BCUT2D eigenvalue weighted by Gasteiger charge is -2.31. The van der Waals surface area contributed by atoms with Gasteiger partial charge in [-0.15, -0.1) is 0 Å². The van der Waals surface area contributed by atoms with Crippen LogP contribution in [0.2, 0.25) is 0 Å². The number of nitrogens with zero attached hydrogens (tertiary/aromatic N) is 2. The summed E-state index contributed by atoms with van der Waals surface area (Å²) in [6.07, 6.45) is 1.81. The van der Waals surface area contributed by atoms with Crippen LogP contribution in [0.15, 0.2) is 42.5 Å². The third-order valence-electron chi connectivity index (χ3n) is 5.29. The number of nitrogens with one attached hydrogen (secondary N) is 1. The van der Waals surface area contributed by atoms with E-state index in [1.165, 1.54) is 0 Å². The number of hydrogen-bond acceptors (Lipinski definition) is 4. The number of amides is 1. The van der Waals surface area contributed by atoms with Crippen LogP contribution in [0.3, 0.4) is 0 Å². The Bertz CT molecular complexity index is 941. The van der Waals surface area contributed by atoms with Gasteiger partial charge < -0.3 is 19.4 Å². The van der Waals surface area contributed by atoms with Crippen molar-refractivity contribution in [3.63, 3.8) is 0 Å². The summed E-state index contributed by atoms with van der Waals surface area (Å²) < 4.78 is 10.9. The number of benzene rings is 2. The minimum Gasteiger partial charge on any atom is -0.493 e. The van der Waals surface area contributed by atoms with E-state index >= 15 is 0 Å². The van der Waals surface area contributed by atoms with Crippen LogP contribution in [0, 0.1) is 0 Å². The number of hydrogen-bond donors (Lipinski definition) is 1. The molecule has 28 heavy (non-hydrogen) atoms. The van der Waals surface area contributed by atoms with Crippen LogP contribution in [0.25, 0.3) is 11.0 Å². The molecule has 3 aromatic rings. The van der Waals surface area contributed by atoms with E-state index < -0.39 is 0 Å². The van der Waals surface area contributed by atoms with E-state index in [0.717, 1.165) is 42.8 Å². The summed E-state index contributed by atoms with van der Waals surface area (Å²) in [6, 6.07) is 13.4. The number of piperidine rings is 1. The molecule has 6 heteroatoms. The molecule has 4 rings (SSSR count). The van der Waals surface area contributed by atoms with E-state index in [-0.39, 0.29) is 5.91 Å². The average molecular weight is 379 g/mol. The van der Waals surface area contributed by atoms with Gasteiger partial charge in [-0.05, 0) is 50.1 Å². The molecule has 1 fully saturated rings. The molecule has 1 aliphatic rings. The van der Waals surface area contributed by atoms with Gasteiger partial charge in [-0.25, -0.2) is 4.98 Å². The molecule has 0 atom stereocenters. The number of rotatable bonds is 5. The zero-order valence-electron chi connectivity index (χ0n) is 16.3. The number of carbonyl (C=O) groups is 1. The number of aromatic amines is 1. The van der Waals surface area contributed by atoms with Gasteiger partial charge >= 0.3 is 0 Å². The van der Waals surface area contributed by atoms with Crippen molar-refractivity contribution in [2.45, 2.75) is 25.7 Å². The molecular formula is C22H25N3O3. The molecule has 1 N–H and O–H groups in total. The van der Waals surface area contributed by atoms with Gasteiger partial charge in [0.2, 0.25) is 0 Å². The summed E-state index contributed by atoms with van der Waals surface area (Å²) >= 11 is 0. The standard InChI is InChI=1S/C22H25N3O3/c1-3-28-19-9-8-16(14-20(19)27-2)22(26)25-12-10-15(11-13-25)21-23-17-6-4-5-7-18(17)24-21/h4-9,14-15H,3,10-13H2,1-2H3,(H,23,24). The highest BCUT2D eigenvalue weighted by molar-refractivity contribution is 5.95. The van der Waals surface area contributed by atoms with Gasteiger partial charge in [-0.3, -0.25) is 4.79 Å². The number of ether oxygens (including phenoxy) is 2. The third-order valence-corrected chi connectivity index (χ3v) is 5.29. The molecule has 2 aromatic carbocycles. The van der Waals surface area contributed by atoms with Crippen molar-refractivity contribution in [1.82, 2.24) is 14.9 Å². The molecule has 1 amide bonds. The fourth-order valence-corrected chi connectivity index (χ4v) is 3.78. The number of likely N-dealkylation sites (tertiary alicyclic amines) is 1. The topological polar surface area (TPSA) is 67.5 Å². The summed E-state index contributed by atoms with van der Waals surface area (Å²) in [7, 11) is 1.59. The Kier molecular flexibility index (Phi) is 5.19. The van der Waals surface area contributed by atoms with Crippen LogP contribution >= 0.6 is 0 Å². The number of imidazole rings is 1. The van der Waals surface area contributed by atoms with Crippen molar-refractivity contribution in [2.24, 2.45) is 0 Å². The lowest BCUT2D eigenvalue weighted by Crippen LogP contribution is -2.38. The van der Waals surface area contributed by atoms with Gasteiger partial charge in [0.25, 0.3) is 5.91 Å². The monoisotopic (exact) mass is 379 g/mol. The molecule has 6 nitrogen and oxygen atoms in total. The largest absolute Gasteiger partial charge is 0.493 e.